The first-order chi connectivity index (χ1) is 10.6. The number of carbonyl (C=O) groups is 2. The van der Waals surface area contributed by atoms with Crippen molar-refractivity contribution >= 4 is 17.7 Å². The zero-order chi connectivity index (χ0) is 15.9. The average Bonchev–Trinajstić information content (AvgIpc) is 2.49. The Kier molecular flexibility index (Phi) is 5.46. The van der Waals surface area contributed by atoms with Crippen molar-refractivity contribution in [3.8, 4) is 11.5 Å². The molecule has 1 aliphatic rings. The molecule has 0 aliphatic carbocycles. The number of hydrogen-bond acceptors (Lipinski definition) is 6. The number of ether oxygens (including phenoxy) is 4. The van der Waals surface area contributed by atoms with Crippen LogP contribution >= 0.6 is 0 Å². The first-order valence-corrected chi connectivity index (χ1v) is 7.07. The summed E-state index contributed by atoms with van der Waals surface area (Å²) in [4.78, 5) is 22.9. The predicted molar refractivity (Wildman–Crippen MR) is 78.4 cm³/mol. The third-order valence-electron chi connectivity index (χ3n) is 3.10. The van der Waals surface area contributed by atoms with Gasteiger partial charge >= 0.3 is 12.1 Å². The topological polar surface area (TPSA) is 83.1 Å². The van der Waals surface area contributed by atoms with Gasteiger partial charge in [-0.2, -0.15) is 0 Å². The number of hydrogen-bond donors (Lipinski definition) is 1. The van der Waals surface area contributed by atoms with Crippen LogP contribution in [0.3, 0.4) is 0 Å². The van der Waals surface area contributed by atoms with Gasteiger partial charge in [-0.3, -0.25) is 5.32 Å². The molecule has 0 atom stereocenters. The molecule has 1 N–H and O–H groups in total. The monoisotopic (exact) mass is 309 g/mol. The molecule has 22 heavy (non-hydrogen) atoms. The van der Waals surface area contributed by atoms with E-state index in [4.69, 9.17) is 18.9 Å². The maximum absolute atomic E-state index is 11.5. The fourth-order valence-corrected chi connectivity index (χ4v) is 2.11. The van der Waals surface area contributed by atoms with Gasteiger partial charge < -0.3 is 18.9 Å². The summed E-state index contributed by atoms with van der Waals surface area (Å²) in [6.45, 7) is 2.15. The normalized spacial score (nSPS) is 13.8. The fraction of sp³-hybridized carbons (Fsp3) is 0.467. The van der Waals surface area contributed by atoms with Crippen molar-refractivity contribution in [1.29, 1.82) is 0 Å². The van der Waals surface area contributed by atoms with Crippen molar-refractivity contribution in [3.63, 3.8) is 0 Å². The van der Waals surface area contributed by atoms with E-state index in [-0.39, 0.29) is 13.2 Å². The number of fused-ring (bicyclic) bond motifs is 1. The molecule has 7 nitrogen and oxygen atoms in total. The predicted octanol–water partition coefficient (Wildman–Crippen LogP) is 2.13. The Bertz CT molecular complexity index is 557. The maximum atomic E-state index is 11.5. The highest BCUT2D eigenvalue weighted by Crippen LogP contribution is 2.35. The van der Waals surface area contributed by atoms with Gasteiger partial charge in [-0.1, -0.05) is 0 Å². The van der Waals surface area contributed by atoms with E-state index in [0.717, 1.165) is 18.4 Å². The average molecular weight is 309 g/mol. The molecule has 0 aromatic heterocycles. The lowest BCUT2D eigenvalue weighted by atomic mass is 10.1. The summed E-state index contributed by atoms with van der Waals surface area (Å²) >= 11 is 0. The van der Waals surface area contributed by atoms with Crippen molar-refractivity contribution in [2.75, 3.05) is 32.2 Å². The van der Waals surface area contributed by atoms with E-state index in [2.05, 4.69) is 5.32 Å². The van der Waals surface area contributed by atoms with E-state index < -0.39 is 12.1 Å². The first-order valence-electron chi connectivity index (χ1n) is 7.07. The molecule has 1 aromatic rings. The standard InChI is InChI=1S/C15H19NO6/c1-3-20-14(17)9-22-13-8-11-10(7-12(13)19-2)5-4-6-21-15(18)16-11/h7-8H,3-6,9H2,1-2H3,(H,16,18). The number of methoxy groups -OCH3 is 1. The minimum Gasteiger partial charge on any atom is -0.493 e. The third-order valence-corrected chi connectivity index (χ3v) is 3.10. The van der Waals surface area contributed by atoms with Crippen molar-refractivity contribution in [2.45, 2.75) is 19.8 Å². The Balaban J connectivity index is 2.21. The SMILES string of the molecule is CCOC(=O)COc1cc2c(cc1OC)CCCOC(=O)N2. The van der Waals surface area contributed by atoms with Gasteiger partial charge in [0.2, 0.25) is 0 Å². The Morgan fingerprint density at radius 1 is 1.36 bits per heavy atom. The summed E-state index contributed by atoms with van der Waals surface area (Å²) in [5, 5.41) is 2.65. The number of rotatable bonds is 5. The summed E-state index contributed by atoms with van der Waals surface area (Å²) in [6.07, 6.45) is 0.957. The summed E-state index contributed by atoms with van der Waals surface area (Å²) in [7, 11) is 1.52. The van der Waals surface area contributed by atoms with Crippen LogP contribution in [0.2, 0.25) is 0 Å². The molecule has 0 spiro atoms. The molecular weight excluding hydrogens is 290 g/mol. The van der Waals surface area contributed by atoms with Gasteiger partial charge in [0.05, 0.1) is 26.0 Å². The van der Waals surface area contributed by atoms with E-state index in [1.54, 1.807) is 19.1 Å². The van der Waals surface area contributed by atoms with E-state index in [0.29, 0.717) is 23.8 Å². The summed E-state index contributed by atoms with van der Waals surface area (Å²) in [6, 6.07) is 3.42. The molecule has 1 aliphatic heterocycles. The minimum atomic E-state index is -0.512. The molecular formula is C15H19NO6. The number of esters is 1. The Morgan fingerprint density at radius 2 is 2.18 bits per heavy atom. The highest BCUT2D eigenvalue weighted by atomic mass is 16.6. The number of aryl methyl sites for hydroxylation is 1. The van der Waals surface area contributed by atoms with Crippen LogP contribution < -0.4 is 14.8 Å². The molecule has 1 amide bonds. The van der Waals surface area contributed by atoms with E-state index >= 15 is 0 Å². The lowest BCUT2D eigenvalue weighted by Gasteiger charge is -2.18. The lowest BCUT2D eigenvalue weighted by molar-refractivity contribution is -0.145. The zero-order valence-corrected chi connectivity index (χ0v) is 12.6. The minimum absolute atomic E-state index is 0.229. The highest BCUT2D eigenvalue weighted by molar-refractivity contribution is 5.86. The number of anilines is 1. The summed E-state index contributed by atoms with van der Waals surface area (Å²) < 4.78 is 20.5. The molecule has 2 rings (SSSR count). The Hall–Kier alpha value is -2.44. The number of benzene rings is 1. The number of cyclic esters (lactones) is 1. The first kappa shape index (κ1) is 15.9. The number of nitrogens with one attached hydrogen (secondary N) is 1. The largest absolute Gasteiger partial charge is 0.493 e. The molecule has 7 heteroatoms. The van der Waals surface area contributed by atoms with Crippen LogP contribution in [-0.4, -0.2) is 39.0 Å². The van der Waals surface area contributed by atoms with Gasteiger partial charge in [-0.25, -0.2) is 9.59 Å². The number of amides is 1. The second-order valence-corrected chi connectivity index (χ2v) is 4.62. The van der Waals surface area contributed by atoms with Crippen LogP contribution in [0, 0.1) is 0 Å². The van der Waals surface area contributed by atoms with Crippen LogP contribution in [0.15, 0.2) is 12.1 Å². The van der Waals surface area contributed by atoms with Crippen molar-refractivity contribution in [2.24, 2.45) is 0 Å². The van der Waals surface area contributed by atoms with Crippen LogP contribution in [0.25, 0.3) is 0 Å². The molecule has 1 heterocycles. The maximum Gasteiger partial charge on any atom is 0.411 e. The van der Waals surface area contributed by atoms with Gasteiger partial charge in [0.1, 0.15) is 0 Å². The van der Waals surface area contributed by atoms with Crippen LogP contribution in [-0.2, 0) is 20.7 Å². The van der Waals surface area contributed by atoms with Crippen molar-refractivity contribution in [3.05, 3.63) is 17.7 Å². The molecule has 0 radical (unpaired) electrons. The van der Waals surface area contributed by atoms with Gasteiger partial charge in [0.25, 0.3) is 0 Å². The Labute approximate surface area is 128 Å². The van der Waals surface area contributed by atoms with Crippen LogP contribution in [0.5, 0.6) is 11.5 Å². The smallest absolute Gasteiger partial charge is 0.411 e. The van der Waals surface area contributed by atoms with E-state index in [1.807, 2.05) is 0 Å². The molecule has 1 aromatic carbocycles. The van der Waals surface area contributed by atoms with Crippen molar-refractivity contribution in [1.82, 2.24) is 0 Å². The quantitative estimate of drug-likeness (QED) is 0.839. The molecule has 0 saturated carbocycles. The number of carbonyl (C=O) groups excluding carboxylic acids is 2. The fourth-order valence-electron chi connectivity index (χ4n) is 2.11. The summed E-state index contributed by atoms with van der Waals surface area (Å²) in [5.41, 5.74) is 1.52. The van der Waals surface area contributed by atoms with Gasteiger partial charge in [0.15, 0.2) is 18.1 Å². The highest BCUT2D eigenvalue weighted by Gasteiger charge is 2.17. The summed E-state index contributed by atoms with van der Waals surface area (Å²) in [5.74, 6) is 0.387. The van der Waals surface area contributed by atoms with Gasteiger partial charge in [-0.15, -0.1) is 0 Å². The third kappa shape index (κ3) is 4.03. The zero-order valence-electron chi connectivity index (χ0n) is 12.6. The van der Waals surface area contributed by atoms with Gasteiger partial charge in [-0.05, 0) is 31.4 Å². The lowest BCUT2D eigenvalue weighted by Crippen LogP contribution is -2.19. The van der Waals surface area contributed by atoms with E-state index in [1.165, 1.54) is 7.11 Å². The van der Waals surface area contributed by atoms with Crippen LogP contribution in [0.1, 0.15) is 18.9 Å². The van der Waals surface area contributed by atoms with E-state index in [9.17, 15) is 9.59 Å². The Morgan fingerprint density at radius 3 is 2.91 bits per heavy atom. The molecule has 0 saturated heterocycles. The molecule has 120 valence electrons. The molecule has 0 unspecified atom stereocenters. The van der Waals surface area contributed by atoms with Crippen molar-refractivity contribution < 1.29 is 28.5 Å². The second-order valence-electron chi connectivity index (χ2n) is 4.62. The van der Waals surface area contributed by atoms with Crippen LogP contribution in [0.4, 0.5) is 10.5 Å². The second kappa shape index (κ2) is 7.53. The molecule has 0 fully saturated rings. The molecule has 0 bridgehead atoms. The van der Waals surface area contributed by atoms with Gasteiger partial charge in [0, 0.05) is 6.07 Å².